The minimum atomic E-state index is -0.561. The first-order valence-corrected chi connectivity index (χ1v) is 9.66. The van der Waals surface area contributed by atoms with Crippen LogP contribution in [0.2, 0.25) is 0 Å². The van der Waals surface area contributed by atoms with Crippen molar-refractivity contribution in [3.05, 3.63) is 45.1 Å². The van der Waals surface area contributed by atoms with Gasteiger partial charge in [-0.2, -0.15) is 0 Å². The molecule has 2 aromatic rings. The van der Waals surface area contributed by atoms with Crippen LogP contribution in [0.15, 0.2) is 28.1 Å². The van der Waals surface area contributed by atoms with Crippen molar-refractivity contribution in [2.75, 3.05) is 18.4 Å². The van der Waals surface area contributed by atoms with Crippen LogP contribution in [0.5, 0.6) is 0 Å². The monoisotopic (exact) mass is 427 g/mol. The fourth-order valence-corrected chi connectivity index (χ4v) is 3.97. The molecule has 0 radical (unpaired) electrons. The summed E-state index contributed by atoms with van der Waals surface area (Å²) in [6.07, 6.45) is 0.391. The summed E-state index contributed by atoms with van der Waals surface area (Å²) in [5, 5.41) is 5.05. The summed E-state index contributed by atoms with van der Waals surface area (Å²) in [6.45, 7) is 6.53. The van der Waals surface area contributed by atoms with Gasteiger partial charge < -0.3 is 4.74 Å². The first-order valence-electron chi connectivity index (χ1n) is 7.99. The third-order valence-corrected chi connectivity index (χ3v) is 5.13. The van der Waals surface area contributed by atoms with Crippen LogP contribution in [-0.2, 0) is 11.3 Å². The Hall–Kier alpha value is -1.35. The van der Waals surface area contributed by atoms with Crippen LogP contribution in [-0.4, -0.2) is 41.1 Å². The van der Waals surface area contributed by atoms with Crippen molar-refractivity contribution in [1.29, 1.82) is 0 Å². The minimum absolute atomic E-state index is 0.0121. The number of rotatable bonds is 4. The molecule has 2 heterocycles. The van der Waals surface area contributed by atoms with Crippen molar-refractivity contribution < 1.29 is 13.9 Å². The van der Waals surface area contributed by atoms with Gasteiger partial charge in [0.2, 0.25) is 0 Å². The first kappa shape index (κ1) is 18.4. The zero-order valence-corrected chi connectivity index (χ0v) is 16.4. The molecular formula is C17H19BrFN3O2S. The molecule has 8 heteroatoms. The van der Waals surface area contributed by atoms with Gasteiger partial charge in [-0.25, -0.2) is 9.37 Å². The fraction of sp³-hybridized carbons (Fsp3) is 0.412. The molecule has 2 atom stereocenters. The number of ether oxygens (including phenoxy) is 1. The molecule has 25 heavy (non-hydrogen) atoms. The lowest BCUT2D eigenvalue weighted by atomic mass is 10.2. The summed E-state index contributed by atoms with van der Waals surface area (Å²) < 4.78 is 20.2. The maximum Gasteiger partial charge on any atom is 0.260 e. The molecule has 0 spiro atoms. The standard InChI is InChI=1S/C17H19BrFN3O2S/c1-10-6-22(7-11(2)24-10)8-13-9-25-17(20-13)21-16(23)14-5-12(18)3-4-15(14)19/h3-5,9-11H,6-8H2,1-2H3,(H,20,21,23)/t10-,11-/m1/s1. The highest BCUT2D eigenvalue weighted by molar-refractivity contribution is 9.10. The van der Waals surface area contributed by atoms with Crippen molar-refractivity contribution in [1.82, 2.24) is 9.88 Å². The van der Waals surface area contributed by atoms with Crippen molar-refractivity contribution >= 4 is 38.3 Å². The number of nitrogens with one attached hydrogen (secondary N) is 1. The van der Waals surface area contributed by atoms with E-state index in [1.165, 1.54) is 23.5 Å². The highest BCUT2D eigenvalue weighted by Crippen LogP contribution is 2.21. The average molecular weight is 428 g/mol. The highest BCUT2D eigenvalue weighted by Gasteiger charge is 2.23. The molecule has 0 unspecified atom stereocenters. The maximum atomic E-state index is 13.8. The largest absolute Gasteiger partial charge is 0.373 e. The third kappa shape index (κ3) is 4.84. The number of anilines is 1. The molecule has 1 aliphatic rings. The van der Waals surface area contributed by atoms with Gasteiger partial charge in [-0.05, 0) is 32.0 Å². The summed E-state index contributed by atoms with van der Waals surface area (Å²) in [7, 11) is 0. The van der Waals surface area contributed by atoms with E-state index in [-0.39, 0.29) is 17.8 Å². The van der Waals surface area contributed by atoms with E-state index in [0.29, 0.717) is 16.1 Å². The molecule has 1 aromatic heterocycles. The van der Waals surface area contributed by atoms with Gasteiger partial charge in [-0.3, -0.25) is 15.0 Å². The molecule has 1 amide bonds. The van der Waals surface area contributed by atoms with E-state index in [2.05, 4.69) is 45.0 Å². The summed E-state index contributed by atoms with van der Waals surface area (Å²) >= 11 is 4.58. The minimum Gasteiger partial charge on any atom is -0.373 e. The molecule has 5 nitrogen and oxygen atoms in total. The van der Waals surface area contributed by atoms with Gasteiger partial charge >= 0.3 is 0 Å². The Morgan fingerprint density at radius 3 is 2.88 bits per heavy atom. The number of carbonyl (C=O) groups excluding carboxylic acids is 1. The molecule has 1 aromatic carbocycles. The van der Waals surface area contributed by atoms with Crippen LogP contribution in [0.25, 0.3) is 0 Å². The van der Waals surface area contributed by atoms with Gasteiger partial charge in [-0.1, -0.05) is 15.9 Å². The summed E-state index contributed by atoms with van der Waals surface area (Å²) in [6, 6.07) is 4.26. The molecule has 0 aliphatic carbocycles. The lowest BCUT2D eigenvalue weighted by Crippen LogP contribution is -2.44. The molecule has 3 rings (SSSR count). The number of benzene rings is 1. The SMILES string of the molecule is C[C@@H]1CN(Cc2csc(NC(=O)c3cc(Br)ccc3F)n2)C[C@@H](C)O1. The molecule has 1 fully saturated rings. The Bertz CT molecular complexity index is 760. The predicted molar refractivity (Wildman–Crippen MR) is 99.5 cm³/mol. The van der Waals surface area contributed by atoms with Gasteiger partial charge in [0.1, 0.15) is 5.82 Å². The van der Waals surface area contributed by atoms with Crippen LogP contribution in [0.1, 0.15) is 29.9 Å². The topological polar surface area (TPSA) is 54.5 Å². The zero-order chi connectivity index (χ0) is 18.0. The maximum absolute atomic E-state index is 13.8. The van der Waals surface area contributed by atoms with Crippen LogP contribution < -0.4 is 5.32 Å². The van der Waals surface area contributed by atoms with Gasteiger partial charge in [0.05, 0.1) is 23.5 Å². The highest BCUT2D eigenvalue weighted by atomic mass is 79.9. The second kappa shape index (κ2) is 7.90. The van der Waals surface area contributed by atoms with E-state index in [9.17, 15) is 9.18 Å². The second-order valence-corrected chi connectivity index (χ2v) is 7.95. The lowest BCUT2D eigenvalue weighted by molar-refractivity contribution is -0.0707. The second-order valence-electron chi connectivity index (χ2n) is 6.17. The zero-order valence-electron chi connectivity index (χ0n) is 14.0. The van der Waals surface area contributed by atoms with E-state index in [0.717, 1.165) is 18.8 Å². The Kier molecular flexibility index (Phi) is 5.83. The van der Waals surface area contributed by atoms with E-state index in [4.69, 9.17) is 4.74 Å². The number of hydrogen-bond donors (Lipinski definition) is 1. The molecule has 0 saturated carbocycles. The van der Waals surface area contributed by atoms with E-state index in [1.54, 1.807) is 6.07 Å². The van der Waals surface area contributed by atoms with Crippen LogP contribution in [0.3, 0.4) is 0 Å². The van der Waals surface area contributed by atoms with Crippen molar-refractivity contribution in [3.63, 3.8) is 0 Å². The van der Waals surface area contributed by atoms with Crippen LogP contribution >= 0.6 is 27.3 Å². The third-order valence-electron chi connectivity index (χ3n) is 3.83. The first-order chi connectivity index (χ1) is 11.9. The molecule has 1 saturated heterocycles. The molecule has 134 valence electrons. The predicted octanol–water partition coefficient (Wildman–Crippen LogP) is 3.91. The van der Waals surface area contributed by atoms with Gasteiger partial charge in [0.15, 0.2) is 5.13 Å². The Morgan fingerprint density at radius 1 is 1.44 bits per heavy atom. The quantitative estimate of drug-likeness (QED) is 0.803. The number of aromatic nitrogens is 1. The Morgan fingerprint density at radius 2 is 2.16 bits per heavy atom. The number of halogens is 2. The molecule has 0 bridgehead atoms. The number of thiazole rings is 1. The number of nitrogens with zero attached hydrogens (tertiary/aromatic N) is 2. The van der Waals surface area contributed by atoms with Crippen molar-refractivity contribution in [2.24, 2.45) is 0 Å². The van der Waals surface area contributed by atoms with E-state index >= 15 is 0 Å². The van der Waals surface area contributed by atoms with Gasteiger partial charge in [0.25, 0.3) is 5.91 Å². The summed E-state index contributed by atoms with van der Waals surface area (Å²) in [5.74, 6) is -1.07. The Labute approximate surface area is 158 Å². The van der Waals surface area contributed by atoms with E-state index < -0.39 is 11.7 Å². The summed E-state index contributed by atoms with van der Waals surface area (Å²) in [4.78, 5) is 19.0. The van der Waals surface area contributed by atoms with E-state index in [1.807, 2.05) is 5.38 Å². The molecule has 1 N–H and O–H groups in total. The van der Waals surface area contributed by atoms with Crippen LogP contribution in [0.4, 0.5) is 9.52 Å². The molecule has 1 aliphatic heterocycles. The average Bonchev–Trinajstić information content (AvgIpc) is 2.95. The van der Waals surface area contributed by atoms with Gasteiger partial charge in [-0.15, -0.1) is 11.3 Å². The number of hydrogen-bond acceptors (Lipinski definition) is 5. The fourth-order valence-electron chi connectivity index (χ4n) is 2.92. The number of carbonyl (C=O) groups is 1. The lowest BCUT2D eigenvalue weighted by Gasteiger charge is -2.34. The van der Waals surface area contributed by atoms with Crippen molar-refractivity contribution in [3.8, 4) is 0 Å². The Balaban J connectivity index is 1.63. The number of morpholine rings is 1. The summed E-state index contributed by atoms with van der Waals surface area (Å²) in [5.41, 5.74) is 0.873. The van der Waals surface area contributed by atoms with Gasteiger partial charge in [0, 0.05) is 29.5 Å². The number of amides is 1. The molecular weight excluding hydrogens is 409 g/mol. The smallest absolute Gasteiger partial charge is 0.260 e. The normalized spacial score (nSPS) is 21.3. The van der Waals surface area contributed by atoms with Crippen molar-refractivity contribution in [2.45, 2.75) is 32.6 Å². The van der Waals surface area contributed by atoms with Crippen LogP contribution in [0, 0.1) is 5.82 Å².